The van der Waals surface area contributed by atoms with Crippen LogP contribution >= 0.6 is 11.3 Å². The van der Waals surface area contributed by atoms with Crippen molar-refractivity contribution in [3.05, 3.63) is 47.1 Å². The van der Waals surface area contributed by atoms with E-state index in [4.69, 9.17) is 8.94 Å². The summed E-state index contributed by atoms with van der Waals surface area (Å²) >= 11 is 1.58. The standard InChI is InChI=1S/C15H16N2O3S2/c1-10(2)13-7-16-15(19-13)9-22(18)8-11-6-12(20-17-11)14-4-3-5-21-14/h3-7,10H,8-9H2,1-2H3. The Labute approximate surface area is 134 Å². The third kappa shape index (κ3) is 3.53. The van der Waals surface area contributed by atoms with Crippen LogP contribution in [0.2, 0.25) is 0 Å². The monoisotopic (exact) mass is 336 g/mol. The van der Waals surface area contributed by atoms with E-state index in [9.17, 15) is 4.21 Å². The Kier molecular flexibility index (Phi) is 4.54. The van der Waals surface area contributed by atoms with Gasteiger partial charge in [0.1, 0.15) is 11.5 Å². The summed E-state index contributed by atoms with van der Waals surface area (Å²) in [6.07, 6.45) is 1.70. The highest BCUT2D eigenvalue weighted by Crippen LogP contribution is 2.25. The number of thiophene rings is 1. The van der Waals surface area contributed by atoms with Gasteiger partial charge in [0, 0.05) is 22.8 Å². The molecule has 3 rings (SSSR count). The van der Waals surface area contributed by atoms with Gasteiger partial charge in [0.15, 0.2) is 5.76 Å². The number of hydrogen-bond acceptors (Lipinski definition) is 6. The second-order valence-electron chi connectivity index (χ2n) is 5.20. The SMILES string of the molecule is CC(C)c1cnc(CS(=O)Cc2cc(-c3cccs3)on2)o1. The Morgan fingerprint density at radius 1 is 1.36 bits per heavy atom. The zero-order valence-electron chi connectivity index (χ0n) is 12.3. The molecule has 1 unspecified atom stereocenters. The van der Waals surface area contributed by atoms with Gasteiger partial charge in [-0.05, 0) is 11.4 Å². The first-order valence-electron chi connectivity index (χ1n) is 6.91. The predicted molar refractivity (Wildman–Crippen MR) is 86.0 cm³/mol. The van der Waals surface area contributed by atoms with Gasteiger partial charge in [-0.2, -0.15) is 0 Å². The molecule has 0 aromatic carbocycles. The zero-order chi connectivity index (χ0) is 15.5. The number of rotatable bonds is 6. The van der Waals surface area contributed by atoms with E-state index in [0.29, 0.717) is 23.1 Å². The van der Waals surface area contributed by atoms with Crippen molar-refractivity contribution in [2.45, 2.75) is 31.3 Å². The fourth-order valence-electron chi connectivity index (χ4n) is 1.93. The van der Waals surface area contributed by atoms with Crippen LogP contribution in [0.3, 0.4) is 0 Å². The highest BCUT2D eigenvalue weighted by atomic mass is 32.2. The van der Waals surface area contributed by atoms with Crippen LogP contribution in [0.15, 0.2) is 38.7 Å². The van der Waals surface area contributed by atoms with Crippen molar-refractivity contribution < 1.29 is 13.1 Å². The first-order chi connectivity index (χ1) is 10.6. The minimum Gasteiger partial charge on any atom is -0.444 e. The molecule has 0 radical (unpaired) electrons. The topological polar surface area (TPSA) is 69.1 Å². The Bertz CT molecular complexity index is 759. The molecule has 0 aliphatic heterocycles. The molecule has 0 spiro atoms. The van der Waals surface area contributed by atoms with E-state index >= 15 is 0 Å². The van der Waals surface area contributed by atoms with Crippen molar-refractivity contribution in [2.24, 2.45) is 0 Å². The summed E-state index contributed by atoms with van der Waals surface area (Å²) in [4.78, 5) is 5.18. The highest BCUT2D eigenvalue weighted by Gasteiger charge is 2.14. The van der Waals surface area contributed by atoms with E-state index in [1.165, 1.54) is 0 Å². The summed E-state index contributed by atoms with van der Waals surface area (Å²) in [5.41, 5.74) is 0.678. The fraction of sp³-hybridized carbons (Fsp3) is 0.333. The molecule has 7 heteroatoms. The quantitative estimate of drug-likeness (QED) is 0.681. The number of hydrogen-bond donors (Lipinski definition) is 0. The molecule has 0 aliphatic rings. The predicted octanol–water partition coefficient (Wildman–Crippen LogP) is 3.96. The van der Waals surface area contributed by atoms with Gasteiger partial charge in [-0.1, -0.05) is 25.1 Å². The first-order valence-corrected chi connectivity index (χ1v) is 9.27. The van der Waals surface area contributed by atoms with Gasteiger partial charge in [-0.15, -0.1) is 11.3 Å². The molecule has 0 saturated carbocycles. The molecular weight excluding hydrogens is 320 g/mol. The summed E-state index contributed by atoms with van der Waals surface area (Å²) in [5, 5.41) is 5.95. The van der Waals surface area contributed by atoms with Crippen LogP contribution in [0, 0.1) is 0 Å². The maximum Gasteiger partial charge on any atom is 0.207 e. The summed E-state index contributed by atoms with van der Waals surface area (Å²) < 4.78 is 23.0. The van der Waals surface area contributed by atoms with Crippen LogP contribution in [0.1, 0.15) is 37.1 Å². The van der Waals surface area contributed by atoms with Crippen LogP contribution < -0.4 is 0 Å². The molecular formula is C15H16N2O3S2. The molecule has 3 aromatic rings. The van der Waals surface area contributed by atoms with Crippen molar-refractivity contribution in [1.82, 2.24) is 10.1 Å². The molecule has 0 bridgehead atoms. The van der Waals surface area contributed by atoms with E-state index in [-0.39, 0.29) is 11.7 Å². The molecule has 5 nitrogen and oxygen atoms in total. The van der Waals surface area contributed by atoms with E-state index in [0.717, 1.165) is 10.6 Å². The second kappa shape index (κ2) is 6.58. The smallest absolute Gasteiger partial charge is 0.207 e. The molecule has 22 heavy (non-hydrogen) atoms. The number of aromatic nitrogens is 2. The second-order valence-corrected chi connectivity index (χ2v) is 7.60. The summed E-state index contributed by atoms with van der Waals surface area (Å²) in [6.45, 7) is 4.06. The Morgan fingerprint density at radius 3 is 2.91 bits per heavy atom. The Morgan fingerprint density at radius 2 is 2.23 bits per heavy atom. The van der Waals surface area contributed by atoms with Gasteiger partial charge in [0.05, 0.1) is 22.5 Å². The maximum absolute atomic E-state index is 12.2. The third-order valence-electron chi connectivity index (χ3n) is 3.06. The lowest BCUT2D eigenvalue weighted by atomic mass is 10.2. The van der Waals surface area contributed by atoms with E-state index < -0.39 is 10.8 Å². The van der Waals surface area contributed by atoms with Crippen molar-refractivity contribution in [3.8, 4) is 10.6 Å². The molecule has 0 aliphatic carbocycles. The number of oxazole rings is 1. The summed E-state index contributed by atoms with van der Waals surface area (Å²) in [5.74, 6) is 2.92. The normalized spacial score (nSPS) is 12.9. The van der Waals surface area contributed by atoms with Gasteiger partial charge >= 0.3 is 0 Å². The van der Waals surface area contributed by atoms with Crippen molar-refractivity contribution >= 4 is 22.1 Å². The van der Waals surface area contributed by atoms with Crippen LogP contribution in [0.25, 0.3) is 10.6 Å². The lowest BCUT2D eigenvalue weighted by Crippen LogP contribution is -1.99. The highest BCUT2D eigenvalue weighted by molar-refractivity contribution is 7.83. The Balaban J connectivity index is 1.62. The minimum absolute atomic E-state index is 0.276. The van der Waals surface area contributed by atoms with Gasteiger partial charge in [0.25, 0.3) is 0 Å². The molecule has 0 amide bonds. The molecule has 116 valence electrons. The average molecular weight is 336 g/mol. The summed E-state index contributed by atoms with van der Waals surface area (Å²) in [7, 11) is -1.13. The van der Waals surface area contributed by atoms with E-state index in [2.05, 4.69) is 10.1 Å². The maximum atomic E-state index is 12.2. The Hall–Kier alpha value is -1.73. The molecule has 0 fully saturated rings. The summed E-state index contributed by atoms with van der Waals surface area (Å²) in [6, 6.07) is 5.75. The first kappa shape index (κ1) is 15.2. The zero-order valence-corrected chi connectivity index (χ0v) is 13.9. The van der Waals surface area contributed by atoms with E-state index in [1.807, 2.05) is 37.4 Å². The van der Waals surface area contributed by atoms with Gasteiger partial charge in [0.2, 0.25) is 5.89 Å². The molecule has 0 saturated heterocycles. The van der Waals surface area contributed by atoms with Crippen molar-refractivity contribution in [3.63, 3.8) is 0 Å². The van der Waals surface area contributed by atoms with Crippen LogP contribution in [-0.4, -0.2) is 14.3 Å². The van der Waals surface area contributed by atoms with Crippen molar-refractivity contribution in [1.29, 1.82) is 0 Å². The van der Waals surface area contributed by atoms with Gasteiger partial charge in [-0.3, -0.25) is 4.21 Å². The van der Waals surface area contributed by atoms with Crippen molar-refractivity contribution in [2.75, 3.05) is 0 Å². The van der Waals surface area contributed by atoms with Gasteiger partial charge in [-0.25, -0.2) is 4.98 Å². The molecule has 0 N–H and O–H groups in total. The van der Waals surface area contributed by atoms with E-state index in [1.54, 1.807) is 17.5 Å². The molecule has 1 atom stereocenters. The van der Waals surface area contributed by atoms with Crippen LogP contribution in [0.5, 0.6) is 0 Å². The molecule has 3 aromatic heterocycles. The van der Waals surface area contributed by atoms with Gasteiger partial charge < -0.3 is 8.94 Å². The largest absolute Gasteiger partial charge is 0.444 e. The lowest BCUT2D eigenvalue weighted by molar-refractivity contribution is 0.427. The van der Waals surface area contributed by atoms with Crippen LogP contribution in [0.4, 0.5) is 0 Å². The average Bonchev–Trinajstić information content (AvgIpc) is 3.18. The third-order valence-corrected chi connectivity index (χ3v) is 5.13. The molecule has 3 heterocycles. The minimum atomic E-state index is -1.13. The number of nitrogens with zero attached hydrogens (tertiary/aromatic N) is 2. The lowest BCUT2D eigenvalue weighted by Gasteiger charge is -1.98. The van der Waals surface area contributed by atoms with Crippen LogP contribution in [-0.2, 0) is 22.3 Å². The fourth-order valence-corrected chi connectivity index (χ4v) is 3.58.